The van der Waals surface area contributed by atoms with Crippen LogP contribution in [0, 0.1) is 5.92 Å². The number of ether oxygens (including phenoxy) is 1. The highest BCUT2D eigenvalue weighted by Gasteiger charge is 2.20. The zero-order valence-electron chi connectivity index (χ0n) is 10.9. The van der Waals surface area contributed by atoms with Crippen molar-refractivity contribution in [3.8, 4) is 0 Å². The van der Waals surface area contributed by atoms with Gasteiger partial charge in [0.05, 0.1) is 6.10 Å². The van der Waals surface area contributed by atoms with E-state index in [1.165, 1.54) is 64.6 Å². The lowest BCUT2D eigenvalue weighted by Crippen LogP contribution is -2.36. The highest BCUT2D eigenvalue weighted by molar-refractivity contribution is 6.17. The van der Waals surface area contributed by atoms with E-state index in [1.807, 2.05) is 0 Å². The molecule has 0 aromatic heterocycles. The molecule has 0 bridgehead atoms. The Kier molecular flexibility index (Phi) is 6.10. The van der Waals surface area contributed by atoms with E-state index in [1.54, 1.807) is 0 Å². The van der Waals surface area contributed by atoms with Gasteiger partial charge in [0, 0.05) is 19.0 Å². The molecule has 2 unspecified atom stereocenters. The van der Waals surface area contributed by atoms with E-state index in [-0.39, 0.29) is 0 Å². The first-order valence-corrected chi connectivity index (χ1v) is 7.82. The third-order valence-corrected chi connectivity index (χ3v) is 4.36. The molecule has 0 spiro atoms. The number of rotatable bonds is 6. The van der Waals surface area contributed by atoms with Gasteiger partial charge in [-0.15, -0.1) is 11.6 Å². The molecule has 2 rings (SSSR count). The average molecular weight is 260 g/mol. The molecule has 0 aromatic rings. The molecule has 0 aliphatic carbocycles. The second kappa shape index (κ2) is 7.60. The van der Waals surface area contributed by atoms with Gasteiger partial charge in [-0.05, 0) is 64.0 Å². The SMILES string of the molecule is ClCCC1CCCN(CCCC2CCCO2)C1. The summed E-state index contributed by atoms with van der Waals surface area (Å²) in [6.45, 7) is 4.83. The van der Waals surface area contributed by atoms with Gasteiger partial charge in [-0.2, -0.15) is 0 Å². The minimum atomic E-state index is 0.568. The highest BCUT2D eigenvalue weighted by Crippen LogP contribution is 2.21. The quantitative estimate of drug-likeness (QED) is 0.679. The molecular weight excluding hydrogens is 234 g/mol. The number of nitrogens with zero attached hydrogens (tertiary/aromatic N) is 1. The Balaban J connectivity index is 1.58. The topological polar surface area (TPSA) is 12.5 Å². The zero-order valence-corrected chi connectivity index (χ0v) is 11.6. The summed E-state index contributed by atoms with van der Waals surface area (Å²) in [5.74, 6) is 1.68. The summed E-state index contributed by atoms with van der Waals surface area (Å²) < 4.78 is 5.67. The van der Waals surface area contributed by atoms with Crippen LogP contribution in [0.15, 0.2) is 0 Å². The standard InChI is InChI=1S/C14H26ClNO/c15-8-7-13-4-1-9-16(12-13)10-2-5-14-6-3-11-17-14/h13-14H,1-12H2. The van der Waals surface area contributed by atoms with E-state index in [4.69, 9.17) is 16.3 Å². The fourth-order valence-electron chi connectivity index (χ4n) is 3.16. The van der Waals surface area contributed by atoms with Crippen LogP contribution in [0.25, 0.3) is 0 Å². The summed E-state index contributed by atoms with van der Waals surface area (Å²) >= 11 is 5.84. The maximum atomic E-state index is 5.84. The van der Waals surface area contributed by atoms with Crippen molar-refractivity contribution in [3.63, 3.8) is 0 Å². The minimum Gasteiger partial charge on any atom is -0.378 e. The molecule has 0 radical (unpaired) electrons. The average Bonchev–Trinajstić information content (AvgIpc) is 2.83. The van der Waals surface area contributed by atoms with Crippen molar-refractivity contribution >= 4 is 11.6 Å². The number of halogens is 1. The van der Waals surface area contributed by atoms with Gasteiger partial charge >= 0.3 is 0 Å². The predicted molar refractivity (Wildman–Crippen MR) is 72.7 cm³/mol. The first-order chi connectivity index (χ1) is 8.38. The minimum absolute atomic E-state index is 0.568. The monoisotopic (exact) mass is 259 g/mol. The van der Waals surface area contributed by atoms with E-state index < -0.39 is 0 Å². The summed E-state index contributed by atoms with van der Waals surface area (Å²) in [6.07, 6.45) is 9.63. The van der Waals surface area contributed by atoms with E-state index in [0.29, 0.717) is 6.10 Å². The molecule has 0 amide bonds. The molecule has 100 valence electrons. The summed E-state index contributed by atoms with van der Waals surface area (Å²) in [5.41, 5.74) is 0. The lowest BCUT2D eigenvalue weighted by molar-refractivity contribution is 0.0950. The maximum Gasteiger partial charge on any atom is 0.0576 e. The van der Waals surface area contributed by atoms with Crippen LogP contribution < -0.4 is 0 Å². The Morgan fingerprint density at radius 2 is 2.12 bits per heavy atom. The molecular formula is C14H26ClNO. The normalized spacial score (nSPS) is 30.9. The van der Waals surface area contributed by atoms with Crippen molar-refractivity contribution in [1.82, 2.24) is 4.90 Å². The fraction of sp³-hybridized carbons (Fsp3) is 1.00. The lowest BCUT2D eigenvalue weighted by Gasteiger charge is -2.32. The van der Waals surface area contributed by atoms with Crippen molar-refractivity contribution in [2.75, 3.05) is 32.1 Å². The maximum absolute atomic E-state index is 5.84. The van der Waals surface area contributed by atoms with Gasteiger partial charge in [0.1, 0.15) is 0 Å². The fourth-order valence-corrected chi connectivity index (χ4v) is 3.47. The second-order valence-corrected chi connectivity index (χ2v) is 5.94. The molecule has 2 atom stereocenters. The van der Waals surface area contributed by atoms with E-state index in [2.05, 4.69) is 4.90 Å². The number of hydrogen-bond donors (Lipinski definition) is 0. The van der Waals surface area contributed by atoms with Gasteiger partial charge in [0.25, 0.3) is 0 Å². The zero-order chi connectivity index (χ0) is 11.9. The molecule has 2 nitrogen and oxygen atoms in total. The van der Waals surface area contributed by atoms with Crippen LogP contribution in [-0.4, -0.2) is 43.1 Å². The summed E-state index contributed by atoms with van der Waals surface area (Å²) in [6, 6.07) is 0. The van der Waals surface area contributed by atoms with E-state index in [9.17, 15) is 0 Å². The summed E-state index contributed by atoms with van der Waals surface area (Å²) in [4.78, 5) is 2.63. The van der Waals surface area contributed by atoms with Gasteiger partial charge in [-0.1, -0.05) is 0 Å². The van der Waals surface area contributed by atoms with Gasteiger partial charge in [0.2, 0.25) is 0 Å². The molecule has 0 N–H and O–H groups in total. The molecule has 2 heterocycles. The summed E-state index contributed by atoms with van der Waals surface area (Å²) in [5, 5.41) is 0. The van der Waals surface area contributed by atoms with Crippen molar-refractivity contribution < 1.29 is 4.74 Å². The third kappa shape index (κ3) is 4.76. The number of piperidine rings is 1. The number of hydrogen-bond acceptors (Lipinski definition) is 2. The summed E-state index contributed by atoms with van der Waals surface area (Å²) in [7, 11) is 0. The molecule has 2 aliphatic heterocycles. The van der Waals surface area contributed by atoms with Crippen LogP contribution in [0.2, 0.25) is 0 Å². The van der Waals surface area contributed by atoms with Gasteiger partial charge < -0.3 is 9.64 Å². The van der Waals surface area contributed by atoms with Crippen LogP contribution in [0.5, 0.6) is 0 Å². The second-order valence-electron chi connectivity index (χ2n) is 5.56. The van der Waals surface area contributed by atoms with Crippen LogP contribution in [0.1, 0.15) is 44.9 Å². The first-order valence-electron chi connectivity index (χ1n) is 7.28. The van der Waals surface area contributed by atoms with Crippen LogP contribution >= 0.6 is 11.6 Å². The molecule has 17 heavy (non-hydrogen) atoms. The van der Waals surface area contributed by atoms with Crippen LogP contribution in [0.4, 0.5) is 0 Å². The van der Waals surface area contributed by atoms with Gasteiger partial charge in [0.15, 0.2) is 0 Å². The molecule has 3 heteroatoms. The third-order valence-electron chi connectivity index (χ3n) is 4.14. The van der Waals surface area contributed by atoms with Crippen molar-refractivity contribution in [3.05, 3.63) is 0 Å². The Bertz CT molecular complexity index is 204. The molecule has 2 saturated heterocycles. The van der Waals surface area contributed by atoms with E-state index in [0.717, 1.165) is 18.4 Å². The van der Waals surface area contributed by atoms with Crippen molar-refractivity contribution in [2.45, 2.75) is 51.0 Å². The van der Waals surface area contributed by atoms with Gasteiger partial charge in [-0.3, -0.25) is 0 Å². The smallest absolute Gasteiger partial charge is 0.0576 e. The Labute approximate surface area is 111 Å². The number of likely N-dealkylation sites (tertiary alicyclic amines) is 1. The Morgan fingerprint density at radius 1 is 1.18 bits per heavy atom. The number of alkyl halides is 1. The first kappa shape index (κ1) is 13.6. The molecule has 2 aliphatic rings. The Hall–Kier alpha value is 0.210. The predicted octanol–water partition coefficient (Wildman–Crippen LogP) is 3.29. The van der Waals surface area contributed by atoms with Crippen LogP contribution in [0.3, 0.4) is 0 Å². The lowest BCUT2D eigenvalue weighted by atomic mass is 9.95. The molecule has 0 saturated carbocycles. The largest absolute Gasteiger partial charge is 0.378 e. The van der Waals surface area contributed by atoms with Crippen molar-refractivity contribution in [1.29, 1.82) is 0 Å². The van der Waals surface area contributed by atoms with E-state index >= 15 is 0 Å². The molecule has 0 aromatic carbocycles. The van der Waals surface area contributed by atoms with Gasteiger partial charge in [-0.25, -0.2) is 0 Å². The van der Waals surface area contributed by atoms with Crippen molar-refractivity contribution in [2.24, 2.45) is 5.92 Å². The highest BCUT2D eigenvalue weighted by atomic mass is 35.5. The van der Waals surface area contributed by atoms with Crippen LogP contribution in [-0.2, 0) is 4.74 Å². The molecule has 2 fully saturated rings. The Morgan fingerprint density at radius 3 is 2.88 bits per heavy atom.